The molecule has 3 aromatic heterocycles. The molecule has 0 saturated heterocycles. The Balaban J connectivity index is 1.49. The third-order valence-corrected chi connectivity index (χ3v) is 8.21. The number of benzene rings is 1. The Morgan fingerprint density at radius 1 is 1.21 bits per heavy atom. The van der Waals surface area contributed by atoms with Gasteiger partial charge >= 0.3 is 5.97 Å². The maximum absolute atomic E-state index is 13.1. The molecule has 1 aliphatic rings. The number of thioether (sulfide) groups is 1. The Labute approximate surface area is 201 Å². The maximum atomic E-state index is 13.1. The molecule has 0 amide bonds. The second kappa shape index (κ2) is 9.41. The van der Waals surface area contributed by atoms with Crippen molar-refractivity contribution >= 4 is 46.4 Å². The van der Waals surface area contributed by atoms with Gasteiger partial charge in [0.2, 0.25) is 5.95 Å². The van der Waals surface area contributed by atoms with E-state index in [-0.39, 0.29) is 12.6 Å². The number of rotatable bonds is 7. The van der Waals surface area contributed by atoms with Gasteiger partial charge in [0.15, 0.2) is 4.34 Å². The molecular weight excluding hydrogens is 478 g/mol. The summed E-state index contributed by atoms with van der Waals surface area (Å²) in [6.45, 7) is 4.09. The van der Waals surface area contributed by atoms with E-state index in [1.54, 1.807) is 22.9 Å². The number of esters is 1. The minimum absolute atomic E-state index is 0.276. The van der Waals surface area contributed by atoms with Gasteiger partial charge in [0.05, 0.1) is 12.2 Å². The predicted molar refractivity (Wildman–Crippen MR) is 128 cm³/mol. The third kappa shape index (κ3) is 4.28. The SMILES string of the molecule is CCOC(=O)C1=C(CSc2nnc(-c3ccccc3)s2)Nc2nnnn2C1c1sccc1C. The molecule has 0 bridgehead atoms. The number of carbonyl (C=O) groups excluding carboxylic acids is 1. The molecule has 0 fully saturated rings. The Hall–Kier alpha value is -3.09. The highest BCUT2D eigenvalue weighted by Crippen LogP contribution is 2.40. The van der Waals surface area contributed by atoms with Crippen molar-refractivity contribution in [2.24, 2.45) is 0 Å². The van der Waals surface area contributed by atoms with E-state index in [4.69, 9.17) is 4.74 Å². The van der Waals surface area contributed by atoms with Crippen LogP contribution in [-0.2, 0) is 9.53 Å². The molecule has 0 saturated carbocycles. The highest BCUT2D eigenvalue weighted by atomic mass is 32.2. The summed E-state index contributed by atoms with van der Waals surface area (Å²) >= 11 is 4.58. The molecule has 168 valence electrons. The topological polar surface area (TPSA) is 108 Å². The van der Waals surface area contributed by atoms with Crippen molar-refractivity contribution in [1.82, 2.24) is 30.4 Å². The van der Waals surface area contributed by atoms with Crippen molar-refractivity contribution in [2.45, 2.75) is 24.2 Å². The number of aryl methyl sites for hydroxylation is 1. The summed E-state index contributed by atoms with van der Waals surface area (Å²) in [5.74, 6) is 0.561. The number of fused-ring (bicyclic) bond motifs is 1. The van der Waals surface area contributed by atoms with Gasteiger partial charge in [-0.15, -0.1) is 21.5 Å². The number of thiophene rings is 1. The maximum Gasteiger partial charge on any atom is 0.338 e. The molecule has 1 N–H and O–H groups in total. The molecule has 33 heavy (non-hydrogen) atoms. The van der Waals surface area contributed by atoms with E-state index in [1.807, 2.05) is 48.7 Å². The number of carbonyl (C=O) groups is 1. The summed E-state index contributed by atoms with van der Waals surface area (Å²) in [7, 11) is 0. The first-order chi connectivity index (χ1) is 16.2. The second-order valence-corrected chi connectivity index (χ2v) is 10.2. The Morgan fingerprint density at radius 2 is 2.06 bits per heavy atom. The van der Waals surface area contributed by atoms with Crippen LogP contribution in [0.3, 0.4) is 0 Å². The van der Waals surface area contributed by atoms with Crippen LogP contribution in [0.2, 0.25) is 0 Å². The Morgan fingerprint density at radius 3 is 2.82 bits per heavy atom. The van der Waals surface area contributed by atoms with E-state index in [9.17, 15) is 4.79 Å². The molecule has 9 nitrogen and oxygen atoms in total. The van der Waals surface area contributed by atoms with Gasteiger partial charge in [0.25, 0.3) is 0 Å². The molecule has 1 atom stereocenters. The molecule has 4 aromatic rings. The average molecular weight is 498 g/mol. The second-order valence-electron chi connectivity index (χ2n) is 7.08. The molecule has 0 spiro atoms. The number of hydrogen-bond acceptors (Lipinski definition) is 11. The molecule has 5 rings (SSSR count). The normalized spacial score (nSPS) is 15.3. The molecule has 0 aliphatic carbocycles. The van der Waals surface area contributed by atoms with Gasteiger partial charge in [0.1, 0.15) is 11.0 Å². The molecule has 12 heteroatoms. The Kier molecular flexibility index (Phi) is 6.20. The number of ether oxygens (including phenoxy) is 1. The zero-order valence-corrected chi connectivity index (χ0v) is 20.2. The number of nitrogens with one attached hydrogen (secondary N) is 1. The first kappa shape index (κ1) is 21.7. The van der Waals surface area contributed by atoms with Gasteiger partial charge in [-0.2, -0.15) is 4.68 Å². The highest BCUT2D eigenvalue weighted by Gasteiger charge is 2.37. The van der Waals surface area contributed by atoms with Crippen LogP contribution in [-0.4, -0.2) is 48.7 Å². The van der Waals surface area contributed by atoms with E-state index < -0.39 is 6.04 Å². The minimum Gasteiger partial charge on any atom is -0.463 e. The summed E-state index contributed by atoms with van der Waals surface area (Å²) in [5.41, 5.74) is 3.30. The lowest BCUT2D eigenvalue weighted by atomic mass is 10.00. The average Bonchev–Trinajstić information content (AvgIpc) is 3.58. The molecule has 1 aliphatic heterocycles. The quantitative estimate of drug-likeness (QED) is 0.297. The molecular formula is C21H19N7O2S3. The molecule has 4 heterocycles. The molecule has 0 radical (unpaired) electrons. The minimum atomic E-state index is -0.458. The summed E-state index contributed by atoms with van der Waals surface area (Å²) in [5, 5.41) is 26.8. The van der Waals surface area contributed by atoms with Gasteiger partial charge in [-0.25, -0.2) is 4.79 Å². The van der Waals surface area contributed by atoms with Crippen molar-refractivity contribution in [2.75, 3.05) is 17.7 Å². The van der Waals surface area contributed by atoms with Crippen LogP contribution in [0.4, 0.5) is 5.95 Å². The molecule has 1 unspecified atom stereocenters. The number of anilines is 1. The van der Waals surface area contributed by atoms with E-state index in [0.29, 0.717) is 23.0 Å². The first-order valence-electron chi connectivity index (χ1n) is 10.2. The lowest BCUT2D eigenvalue weighted by molar-refractivity contribution is -0.139. The van der Waals surface area contributed by atoms with Gasteiger partial charge < -0.3 is 10.1 Å². The standard InChI is InChI=1S/C21H19N7O2S3/c1-3-30-19(29)15-14(11-32-21-25-23-18(33-21)13-7-5-4-6-8-13)22-20-24-26-27-28(20)16(15)17-12(2)9-10-31-17/h4-10,16H,3,11H2,1-2H3,(H,22,24,27). The third-order valence-electron chi connectivity index (χ3n) is 5.01. The van der Waals surface area contributed by atoms with Crippen molar-refractivity contribution < 1.29 is 9.53 Å². The lowest BCUT2D eigenvalue weighted by Crippen LogP contribution is -2.31. The van der Waals surface area contributed by atoms with Gasteiger partial charge in [-0.05, 0) is 41.3 Å². The van der Waals surface area contributed by atoms with E-state index >= 15 is 0 Å². The van der Waals surface area contributed by atoms with Crippen molar-refractivity contribution in [1.29, 1.82) is 0 Å². The van der Waals surface area contributed by atoms with Gasteiger partial charge in [0, 0.05) is 21.9 Å². The monoisotopic (exact) mass is 497 g/mol. The zero-order chi connectivity index (χ0) is 22.8. The van der Waals surface area contributed by atoms with Crippen molar-refractivity contribution in [3.63, 3.8) is 0 Å². The smallest absolute Gasteiger partial charge is 0.338 e. The van der Waals surface area contributed by atoms with Crippen molar-refractivity contribution in [3.05, 3.63) is 63.5 Å². The van der Waals surface area contributed by atoms with Crippen LogP contribution in [0.5, 0.6) is 0 Å². The number of hydrogen-bond donors (Lipinski definition) is 1. The lowest BCUT2D eigenvalue weighted by Gasteiger charge is -2.28. The van der Waals surface area contributed by atoms with Crippen LogP contribution in [0.15, 0.2) is 57.4 Å². The Bertz CT molecular complexity index is 1310. The van der Waals surface area contributed by atoms with Gasteiger partial charge in [-0.1, -0.05) is 58.5 Å². The van der Waals surface area contributed by atoms with Crippen molar-refractivity contribution in [3.8, 4) is 10.6 Å². The number of aromatic nitrogens is 6. The van der Waals surface area contributed by atoms with Gasteiger partial charge in [-0.3, -0.25) is 0 Å². The summed E-state index contributed by atoms with van der Waals surface area (Å²) in [6.07, 6.45) is 0. The largest absolute Gasteiger partial charge is 0.463 e. The fourth-order valence-electron chi connectivity index (χ4n) is 3.50. The summed E-state index contributed by atoms with van der Waals surface area (Å²) in [6, 6.07) is 11.5. The summed E-state index contributed by atoms with van der Waals surface area (Å²) < 4.78 is 7.88. The highest BCUT2D eigenvalue weighted by molar-refractivity contribution is 8.01. The predicted octanol–water partition coefficient (Wildman–Crippen LogP) is 4.19. The zero-order valence-electron chi connectivity index (χ0n) is 17.8. The van der Waals surface area contributed by atoms with Crippen LogP contribution in [0.1, 0.15) is 23.4 Å². The summed E-state index contributed by atoms with van der Waals surface area (Å²) in [4.78, 5) is 14.1. The van der Waals surface area contributed by atoms with Crippen LogP contribution in [0, 0.1) is 6.92 Å². The molecule has 1 aromatic carbocycles. The van der Waals surface area contributed by atoms with Crippen LogP contribution >= 0.6 is 34.4 Å². The van der Waals surface area contributed by atoms with E-state index in [1.165, 1.54) is 23.1 Å². The van der Waals surface area contributed by atoms with E-state index in [0.717, 1.165) is 25.4 Å². The fourth-order valence-corrected chi connectivity index (χ4v) is 6.35. The first-order valence-corrected chi connectivity index (χ1v) is 12.8. The van der Waals surface area contributed by atoms with Crippen LogP contribution in [0.25, 0.3) is 10.6 Å². The fraction of sp³-hybridized carbons (Fsp3) is 0.238. The van der Waals surface area contributed by atoms with Crippen LogP contribution < -0.4 is 5.32 Å². The van der Waals surface area contributed by atoms with E-state index in [2.05, 4.69) is 31.0 Å². The number of tetrazole rings is 1. The number of nitrogens with zero attached hydrogens (tertiary/aromatic N) is 6.